The van der Waals surface area contributed by atoms with Crippen LogP contribution in [0.5, 0.6) is 0 Å². The second kappa shape index (κ2) is 7.80. The van der Waals surface area contributed by atoms with E-state index in [2.05, 4.69) is 37.3 Å². The average Bonchev–Trinajstić information content (AvgIpc) is 2.07. The van der Waals surface area contributed by atoms with Crippen molar-refractivity contribution >= 4 is 11.8 Å². The first kappa shape index (κ1) is 12.2. The van der Waals surface area contributed by atoms with Gasteiger partial charge in [-0.25, -0.2) is 0 Å². The smallest absolute Gasteiger partial charge is 0.343 e. The van der Waals surface area contributed by atoms with E-state index in [0.29, 0.717) is 0 Å². The molecule has 0 aliphatic carbocycles. The van der Waals surface area contributed by atoms with Crippen LogP contribution in [0.4, 0.5) is 0 Å². The molecule has 1 aromatic carbocycles. The van der Waals surface area contributed by atoms with Crippen LogP contribution >= 0.6 is 11.8 Å². The van der Waals surface area contributed by atoms with Gasteiger partial charge in [-0.2, -0.15) is 18.2 Å². The first-order valence-electron chi connectivity index (χ1n) is 3.84. The Morgan fingerprint density at radius 3 is 2.42 bits per heavy atom. The number of thioether (sulfide) groups is 1. The van der Waals surface area contributed by atoms with Crippen LogP contribution in [0.3, 0.4) is 0 Å². The molecule has 0 radical (unpaired) electrons. The zero-order valence-corrected chi connectivity index (χ0v) is 8.44. The van der Waals surface area contributed by atoms with Crippen LogP contribution in [-0.2, 0) is 5.75 Å². The molecule has 0 saturated heterocycles. The Kier molecular flexibility index (Phi) is 7.91. The second-order valence-electron chi connectivity index (χ2n) is 2.39. The van der Waals surface area contributed by atoms with Gasteiger partial charge in [0, 0.05) is 5.75 Å². The summed E-state index contributed by atoms with van der Waals surface area (Å²) in [5.74, 6) is 2.28. The molecule has 0 spiro atoms. The van der Waals surface area contributed by atoms with E-state index >= 15 is 0 Å². The zero-order valence-electron chi connectivity index (χ0n) is 7.62. The molecule has 0 aliphatic rings. The molecule has 0 unspecified atom stereocenters. The molecule has 0 bridgehead atoms. The summed E-state index contributed by atoms with van der Waals surface area (Å²) in [4.78, 5) is 0. The van der Waals surface area contributed by atoms with Crippen LogP contribution in [0, 0.1) is 6.92 Å². The molecule has 0 N–H and O–H groups in total. The fourth-order valence-electron chi connectivity index (χ4n) is 0.866. The summed E-state index contributed by atoms with van der Waals surface area (Å²) in [6.45, 7) is 3.80. The van der Waals surface area contributed by atoms with Gasteiger partial charge in [0.05, 0.1) is 0 Å². The van der Waals surface area contributed by atoms with E-state index in [4.69, 9.17) is 0 Å². The first-order valence-corrected chi connectivity index (χ1v) is 5.00. The number of hydrogen-bond donors (Lipinski definition) is 0. The molecule has 60 valence electrons. The maximum absolute atomic E-state index is 3.80. The van der Waals surface area contributed by atoms with Crippen molar-refractivity contribution in [1.82, 2.24) is 0 Å². The Balaban J connectivity index is 0.00000121. The van der Waals surface area contributed by atoms with Crippen LogP contribution in [0.25, 0.3) is 0 Å². The topological polar surface area (TPSA) is 0 Å². The maximum Gasteiger partial charge on any atom is 1.00 e. The predicted octanol–water partition coefficient (Wildman–Crippen LogP) is 0.148. The minimum Gasteiger partial charge on any atom is -0.343 e. The SMILES string of the molecule is [CH2-]CCSCc1ccccc1.[Li+]. The molecule has 0 atom stereocenters. The van der Waals surface area contributed by atoms with Gasteiger partial charge >= 0.3 is 18.9 Å². The second-order valence-corrected chi connectivity index (χ2v) is 3.50. The van der Waals surface area contributed by atoms with Crippen molar-refractivity contribution in [3.05, 3.63) is 42.8 Å². The Morgan fingerprint density at radius 1 is 1.17 bits per heavy atom. The molecule has 1 rings (SSSR count). The third-order valence-corrected chi connectivity index (χ3v) is 2.52. The molecular weight excluding hydrogens is 159 g/mol. The fourth-order valence-corrected chi connectivity index (χ4v) is 1.64. The zero-order chi connectivity index (χ0) is 7.94. The third-order valence-electron chi connectivity index (χ3n) is 1.40. The summed E-state index contributed by atoms with van der Waals surface area (Å²) in [6.07, 6.45) is 1.03. The van der Waals surface area contributed by atoms with Crippen LogP contribution < -0.4 is 18.9 Å². The van der Waals surface area contributed by atoms with Gasteiger partial charge in [0.15, 0.2) is 0 Å². The van der Waals surface area contributed by atoms with Crippen LogP contribution in [-0.4, -0.2) is 5.75 Å². The molecule has 12 heavy (non-hydrogen) atoms. The number of rotatable bonds is 4. The summed E-state index contributed by atoms with van der Waals surface area (Å²) >= 11 is 1.94. The van der Waals surface area contributed by atoms with Gasteiger partial charge in [0.1, 0.15) is 0 Å². The fraction of sp³-hybridized carbons (Fsp3) is 0.300. The van der Waals surface area contributed by atoms with Crippen molar-refractivity contribution in [3.8, 4) is 0 Å². The average molecular weight is 172 g/mol. The quantitative estimate of drug-likeness (QED) is 0.354. The van der Waals surface area contributed by atoms with Gasteiger partial charge in [-0.05, 0) is 11.3 Å². The van der Waals surface area contributed by atoms with Crippen molar-refractivity contribution < 1.29 is 18.9 Å². The van der Waals surface area contributed by atoms with Gasteiger partial charge < -0.3 is 6.92 Å². The monoisotopic (exact) mass is 172 g/mol. The van der Waals surface area contributed by atoms with Gasteiger partial charge in [0.2, 0.25) is 0 Å². The van der Waals surface area contributed by atoms with E-state index in [9.17, 15) is 0 Å². The summed E-state index contributed by atoms with van der Waals surface area (Å²) < 4.78 is 0. The summed E-state index contributed by atoms with van der Waals surface area (Å²) in [5.41, 5.74) is 1.41. The molecule has 0 aromatic heterocycles. The summed E-state index contributed by atoms with van der Waals surface area (Å²) in [5, 5.41) is 0. The minimum absolute atomic E-state index is 0. The molecular formula is C10H13LiS. The van der Waals surface area contributed by atoms with Gasteiger partial charge in [-0.15, -0.1) is 0 Å². The van der Waals surface area contributed by atoms with Crippen molar-refractivity contribution in [2.75, 3.05) is 5.75 Å². The first-order chi connectivity index (χ1) is 5.43. The summed E-state index contributed by atoms with van der Waals surface area (Å²) in [6, 6.07) is 10.5. The van der Waals surface area contributed by atoms with E-state index in [0.717, 1.165) is 17.9 Å². The number of benzene rings is 1. The molecule has 0 saturated carbocycles. The molecule has 0 heterocycles. The van der Waals surface area contributed by atoms with E-state index in [-0.39, 0.29) is 18.9 Å². The van der Waals surface area contributed by atoms with Gasteiger partial charge in [0.25, 0.3) is 0 Å². The molecule has 0 aliphatic heterocycles. The van der Waals surface area contributed by atoms with E-state index in [1.54, 1.807) is 0 Å². The summed E-state index contributed by atoms with van der Waals surface area (Å²) in [7, 11) is 0. The third kappa shape index (κ3) is 4.93. The largest absolute Gasteiger partial charge is 1.00 e. The molecule has 0 amide bonds. The normalized spacial score (nSPS) is 9.08. The maximum atomic E-state index is 3.80. The molecule has 0 fully saturated rings. The Bertz CT molecular complexity index is 186. The van der Waals surface area contributed by atoms with E-state index < -0.39 is 0 Å². The molecule has 1 aromatic rings. The van der Waals surface area contributed by atoms with Crippen LogP contribution in [0.15, 0.2) is 30.3 Å². The van der Waals surface area contributed by atoms with Crippen molar-refractivity contribution in [2.24, 2.45) is 0 Å². The standard InChI is InChI=1S/C10H13S.Li/c1-2-8-11-9-10-6-4-3-5-7-10;/h3-7H,1-2,8-9H2;/q-1;+1. The van der Waals surface area contributed by atoms with E-state index in [1.807, 2.05) is 11.8 Å². The van der Waals surface area contributed by atoms with Gasteiger partial charge in [-0.1, -0.05) is 30.3 Å². The van der Waals surface area contributed by atoms with Crippen molar-refractivity contribution in [3.63, 3.8) is 0 Å². The predicted molar refractivity (Wildman–Crippen MR) is 52.6 cm³/mol. The molecule has 0 nitrogen and oxygen atoms in total. The van der Waals surface area contributed by atoms with E-state index in [1.165, 1.54) is 5.56 Å². The van der Waals surface area contributed by atoms with Crippen molar-refractivity contribution in [1.29, 1.82) is 0 Å². The molecule has 2 heteroatoms. The van der Waals surface area contributed by atoms with Gasteiger partial charge in [-0.3, -0.25) is 0 Å². The Morgan fingerprint density at radius 2 is 1.83 bits per heavy atom. The Hall–Kier alpha value is 0.167. The van der Waals surface area contributed by atoms with Crippen LogP contribution in [0.1, 0.15) is 12.0 Å². The number of hydrogen-bond acceptors (Lipinski definition) is 1. The minimum atomic E-state index is 0. The Labute approximate surface area is 91.3 Å². The van der Waals surface area contributed by atoms with Crippen molar-refractivity contribution in [2.45, 2.75) is 12.2 Å². The van der Waals surface area contributed by atoms with Crippen LogP contribution in [0.2, 0.25) is 0 Å².